The normalized spacial score (nSPS) is 20.5. The molecule has 1 saturated carbocycles. The summed E-state index contributed by atoms with van der Waals surface area (Å²) >= 11 is 5.94. The highest BCUT2D eigenvalue weighted by atomic mass is 35.5. The van der Waals surface area contributed by atoms with Gasteiger partial charge in [-0.1, -0.05) is 11.6 Å². The summed E-state index contributed by atoms with van der Waals surface area (Å²) in [7, 11) is 0. The van der Waals surface area contributed by atoms with Crippen molar-refractivity contribution >= 4 is 11.6 Å². The molecule has 1 unspecified atom stereocenters. The van der Waals surface area contributed by atoms with Gasteiger partial charge in [0.15, 0.2) is 0 Å². The fourth-order valence-electron chi connectivity index (χ4n) is 1.88. The molecule has 1 aliphatic rings. The number of halogens is 3. The standard InChI is InChI=1S/C12H11ClF2N4/c1-7-4-8(2-3-10(7)13)11-16-18-19(17-11)6-9-5-12(9,14)15/h2-4,9H,5-6H2,1H3. The van der Waals surface area contributed by atoms with Crippen LogP contribution in [0.4, 0.5) is 8.78 Å². The Hall–Kier alpha value is -1.56. The molecule has 3 rings (SSSR count). The van der Waals surface area contributed by atoms with Crippen LogP contribution in [0.2, 0.25) is 5.02 Å². The largest absolute Gasteiger partial charge is 0.253 e. The van der Waals surface area contributed by atoms with Gasteiger partial charge in [0.1, 0.15) is 0 Å². The molecule has 7 heteroatoms. The third-order valence-electron chi connectivity index (χ3n) is 3.21. The topological polar surface area (TPSA) is 43.6 Å². The summed E-state index contributed by atoms with van der Waals surface area (Å²) in [5, 5.41) is 12.5. The zero-order valence-electron chi connectivity index (χ0n) is 10.1. The van der Waals surface area contributed by atoms with E-state index in [9.17, 15) is 8.78 Å². The van der Waals surface area contributed by atoms with Crippen molar-refractivity contribution in [3.8, 4) is 11.4 Å². The highest BCUT2D eigenvalue weighted by Crippen LogP contribution is 2.49. The molecular weight excluding hydrogens is 274 g/mol. The minimum absolute atomic E-state index is 0.0933. The van der Waals surface area contributed by atoms with Crippen molar-refractivity contribution in [3.63, 3.8) is 0 Å². The molecule has 1 aliphatic carbocycles. The second-order valence-corrected chi connectivity index (χ2v) is 5.20. The van der Waals surface area contributed by atoms with Crippen molar-refractivity contribution in [3.05, 3.63) is 28.8 Å². The average molecular weight is 285 g/mol. The maximum absolute atomic E-state index is 12.8. The van der Waals surface area contributed by atoms with E-state index in [-0.39, 0.29) is 13.0 Å². The number of aryl methyl sites for hydroxylation is 1. The molecular formula is C12H11ClF2N4. The Kier molecular flexibility index (Phi) is 2.78. The molecule has 0 radical (unpaired) electrons. The van der Waals surface area contributed by atoms with Gasteiger partial charge in [-0.3, -0.25) is 0 Å². The summed E-state index contributed by atoms with van der Waals surface area (Å²) in [6, 6.07) is 5.37. The van der Waals surface area contributed by atoms with Crippen LogP contribution in [0, 0.1) is 12.8 Å². The Balaban J connectivity index is 1.79. The minimum atomic E-state index is -2.56. The fraction of sp³-hybridized carbons (Fsp3) is 0.417. The zero-order valence-corrected chi connectivity index (χ0v) is 10.9. The second-order valence-electron chi connectivity index (χ2n) is 4.79. The highest BCUT2D eigenvalue weighted by Gasteiger charge is 2.57. The van der Waals surface area contributed by atoms with Crippen LogP contribution in [0.25, 0.3) is 11.4 Å². The van der Waals surface area contributed by atoms with Crippen molar-refractivity contribution < 1.29 is 8.78 Å². The van der Waals surface area contributed by atoms with E-state index in [0.717, 1.165) is 11.1 Å². The summed E-state index contributed by atoms with van der Waals surface area (Å²) in [5.41, 5.74) is 1.68. The van der Waals surface area contributed by atoms with E-state index < -0.39 is 11.8 Å². The van der Waals surface area contributed by atoms with Crippen LogP contribution in [0.15, 0.2) is 18.2 Å². The minimum Gasteiger partial charge on any atom is -0.206 e. The lowest BCUT2D eigenvalue weighted by Crippen LogP contribution is -2.08. The third-order valence-corrected chi connectivity index (χ3v) is 3.63. The first-order valence-electron chi connectivity index (χ1n) is 5.88. The molecule has 0 N–H and O–H groups in total. The number of aromatic nitrogens is 4. The van der Waals surface area contributed by atoms with Gasteiger partial charge in [0.25, 0.3) is 5.92 Å². The Morgan fingerprint density at radius 2 is 2.21 bits per heavy atom. The summed E-state index contributed by atoms with van der Waals surface area (Å²) in [5.74, 6) is -2.81. The molecule has 0 spiro atoms. The number of rotatable bonds is 3. The van der Waals surface area contributed by atoms with Gasteiger partial charge in [0.2, 0.25) is 5.82 Å². The first kappa shape index (κ1) is 12.5. The van der Waals surface area contributed by atoms with Gasteiger partial charge in [-0.2, -0.15) is 4.80 Å². The van der Waals surface area contributed by atoms with Gasteiger partial charge in [-0.25, -0.2) is 8.78 Å². The molecule has 0 aliphatic heterocycles. The first-order chi connectivity index (χ1) is 8.95. The predicted octanol–water partition coefficient (Wildman–Crippen LogP) is 2.96. The Bertz CT molecular complexity index is 626. The number of hydrogen-bond acceptors (Lipinski definition) is 3. The second kappa shape index (κ2) is 4.23. The molecule has 1 atom stereocenters. The van der Waals surface area contributed by atoms with Crippen LogP contribution >= 0.6 is 11.6 Å². The lowest BCUT2D eigenvalue weighted by molar-refractivity contribution is 0.0930. The predicted molar refractivity (Wildman–Crippen MR) is 66.1 cm³/mol. The van der Waals surface area contributed by atoms with Gasteiger partial charge >= 0.3 is 0 Å². The van der Waals surface area contributed by atoms with Gasteiger partial charge in [0.05, 0.1) is 6.54 Å². The van der Waals surface area contributed by atoms with Crippen molar-refractivity contribution in [2.45, 2.75) is 25.8 Å². The van der Waals surface area contributed by atoms with Crippen molar-refractivity contribution in [1.29, 1.82) is 0 Å². The smallest absolute Gasteiger partial charge is 0.206 e. The van der Waals surface area contributed by atoms with E-state index in [1.54, 1.807) is 12.1 Å². The van der Waals surface area contributed by atoms with E-state index >= 15 is 0 Å². The van der Waals surface area contributed by atoms with Crippen LogP contribution in [0.5, 0.6) is 0 Å². The van der Waals surface area contributed by atoms with E-state index in [4.69, 9.17) is 11.6 Å². The zero-order chi connectivity index (χ0) is 13.6. The lowest BCUT2D eigenvalue weighted by atomic mass is 10.1. The summed E-state index contributed by atoms with van der Waals surface area (Å²) in [6.07, 6.45) is -0.0933. The Labute approximate surface area is 113 Å². The van der Waals surface area contributed by atoms with Crippen LogP contribution in [0.3, 0.4) is 0 Å². The molecule has 0 bridgehead atoms. The average Bonchev–Trinajstić information content (AvgIpc) is 2.76. The molecule has 1 heterocycles. The highest BCUT2D eigenvalue weighted by molar-refractivity contribution is 6.31. The maximum atomic E-state index is 12.8. The summed E-state index contributed by atoms with van der Waals surface area (Å²) in [4.78, 5) is 1.23. The van der Waals surface area contributed by atoms with E-state index in [2.05, 4.69) is 15.4 Å². The molecule has 2 aromatic rings. The Morgan fingerprint density at radius 1 is 1.47 bits per heavy atom. The van der Waals surface area contributed by atoms with Gasteiger partial charge in [-0.15, -0.1) is 10.2 Å². The maximum Gasteiger partial charge on any atom is 0.253 e. The van der Waals surface area contributed by atoms with Crippen LogP contribution in [-0.2, 0) is 6.54 Å². The third kappa shape index (κ3) is 2.45. The van der Waals surface area contributed by atoms with Crippen molar-refractivity contribution in [2.75, 3.05) is 0 Å². The van der Waals surface area contributed by atoms with Crippen molar-refractivity contribution in [1.82, 2.24) is 20.2 Å². The molecule has 19 heavy (non-hydrogen) atoms. The van der Waals surface area contributed by atoms with Crippen molar-refractivity contribution in [2.24, 2.45) is 5.92 Å². The van der Waals surface area contributed by atoms with Crippen LogP contribution < -0.4 is 0 Å². The van der Waals surface area contributed by atoms with Crippen LogP contribution in [0.1, 0.15) is 12.0 Å². The van der Waals surface area contributed by atoms with Gasteiger partial charge < -0.3 is 0 Å². The number of benzene rings is 1. The lowest BCUT2D eigenvalue weighted by Gasteiger charge is -1.99. The number of nitrogens with zero attached hydrogens (tertiary/aromatic N) is 4. The molecule has 0 amide bonds. The summed E-state index contributed by atoms with van der Waals surface area (Å²) < 4.78 is 25.6. The number of alkyl halides is 2. The molecule has 100 valence electrons. The van der Waals surface area contributed by atoms with Gasteiger partial charge in [0, 0.05) is 22.9 Å². The SMILES string of the molecule is Cc1cc(-c2nnn(CC3CC3(F)F)n2)ccc1Cl. The van der Waals surface area contributed by atoms with E-state index in [1.165, 1.54) is 4.80 Å². The quantitative estimate of drug-likeness (QED) is 0.870. The summed E-state index contributed by atoms with van der Waals surface area (Å²) in [6.45, 7) is 1.98. The molecule has 4 nitrogen and oxygen atoms in total. The molecule has 0 saturated heterocycles. The molecule has 1 fully saturated rings. The molecule has 1 aromatic heterocycles. The number of hydrogen-bond donors (Lipinski definition) is 0. The Morgan fingerprint density at radius 3 is 2.84 bits per heavy atom. The van der Waals surface area contributed by atoms with Crippen LogP contribution in [-0.4, -0.2) is 26.1 Å². The monoisotopic (exact) mass is 284 g/mol. The van der Waals surface area contributed by atoms with E-state index in [1.807, 2.05) is 13.0 Å². The van der Waals surface area contributed by atoms with Gasteiger partial charge in [-0.05, 0) is 35.9 Å². The van der Waals surface area contributed by atoms with E-state index in [0.29, 0.717) is 10.8 Å². The molecule has 1 aromatic carbocycles. The first-order valence-corrected chi connectivity index (χ1v) is 6.26. The fourth-order valence-corrected chi connectivity index (χ4v) is 2.00. The number of tetrazole rings is 1.